The molecular formula is C15H20Cl2N6. The highest BCUT2D eigenvalue weighted by Gasteiger charge is 2.06. The summed E-state index contributed by atoms with van der Waals surface area (Å²) in [5.41, 5.74) is 0.937. The van der Waals surface area contributed by atoms with Crippen molar-refractivity contribution in [3.63, 3.8) is 0 Å². The summed E-state index contributed by atoms with van der Waals surface area (Å²) in [4.78, 5) is 8.65. The highest BCUT2D eigenvalue weighted by atomic mass is 35.5. The van der Waals surface area contributed by atoms with Gasteiger partial charge in [-0.3, -0.25) is 4.68 Å². The predicted octanol–water partition coefficient (Wildman–Crippen LogP) is 2.42. The average Bonchev–Trinajstić information content (AvgIpc) is 2.93. The summed E-state index contributed by atoms with van der Waals surface area (Å²) in [7, 11) is 1.84. The number of benzene rings is 1. The Morgan fingerprint density at radius 2 is 2.00 bits per heavy atom. The SMILES string of the molecule is CCNC(=NCc1ncnn1C)NCCc1c(Cl)cccc1Cl. The van der Waals surface area contributed by atoms with E-state index in [9.17, 15) is 0 Å². The van der Waals surface area contributed by atoms with Crippen LogP contribution in [0.15, 0.2) is 29.5 Å². The van der Waals surface area contributed by atoms with E-state index in [-0.39, 0.29) is 0 Å². The third-order valence-corrected chi connectivity index (χ3v) is 3.97. The lowest BCUT2D eigenvalue weighted by Crippen LogP contribution is -2.38. The van der Waals surface area contributed by atoms with Gasteiger partial charge in [0.2, 0.25) is 0 Å². The molecular weight excluding hydrogens is 335 g/mol. The standard InChI is InChI=1S/C15H20Cl2N6/c1-3-18-15(20-9-14-21-10-22-23(14)2)19-8-7-11-12(16)5-4-6-13(11)17/h4-6,10H,3,7-9H2,1-2H3,(H2,18,19,20). The quantitative estimate of drug-likeness (QED) is 0.617. The van der Waals surface area contributed by atoms with E-state index >= 15 is 0 Å². The van der Waals surface area contributed by atoms with Crippen molar-refractivity contribution in [1.82, 2.24) is 25.4 Å². The molecule has 1 aromatic carbocycles. The van der Waals surface area contributed by atoms with Gasteiger partial charge < -0.3 is 10.6 Å². The van der Waals surface area contributed by atoms with Gasteiger partial charge in [-0.2, -0.15) is 5.10 Å². The lowest BCUT2D eigenvalue weighted by Gasteiger charge is -2.12. The Hall–Kier alpha value is -1.79. The topological polar surface area (TPSA) is 67.1 Å². The van der Waals surface area contributed by atoms with Gasteiger partial charge in [0.1, 0.15) is 18.7 Å². The minimum Gasteiger partial charge on any atom is -0.357 e. The largest absolute Gasteiger partial charge is 0.357 e. The molecule has 0 unspecified atom stereocenters. The first-order chi connectivity index (χ1) is 11.1. The summed E-state index contributed by atoms with van der Waals surface area (Å²) in [6, 6.07) is 5.53. The van der Waals surface area contributed by atoms with Crippen molar-refractivity contribution in [2.75, 3.05) is 13.1 Å². The molecule has 6 nitrogen and oxygen atoms in total. The maximum atomic E-state index is 6.18. The van der Waals surface area contributed by atoms with E-state index in [0.717, 1.165) is 23.9 Å². The third kappa shape index (κ3) is 5.11. The number of rotatable bonds is 6. The highest BCUT2D eigenvalue weighted by Crippen LogP contribution is 2.24. The number of halogens is 2. The normalized spacial score (nSPS) is 11.6. The van der Waals surface area contributed by atoms with Crippen molar-refractivity contribution < 1.29 is 0 Å². The molecule has 0 saturated heterocycles. The fourth-order valence-corrected chi connectivity index (χ4v) is 2.62. The minimum absolute atomic E-state index is 0.457. The van der Waals surface area contributed by atoms with E-state index in [1.165, 1.54) is 6.33 Å². The molecule has 0 saturated carbocycles. The Balaban J connectivity index is 1.93. The molecule has 0 radical (unpaired) electrons. The summed E-state index contributed by atoms with van der Waals surface area (Å²) in [5.74, 6) is 1.52. The van der Waals surface area contributed by atoms with Crippen LogP contribution in [0.25, 0.3) is 0 Å². The zero-order valence-electron chi connectivity index (χ0n) is 13.2. The molecule has 23 heavy (non-hydrogen) atoms. The van der Waals surface area contributed by atoms with Gasteiger partial charge in [-0.15, -0.1) is 0 Å². The van der Waals surface area contributed by atoms with Crippen LogP contribution in [0.2, 0.25) is 10.0 Å². The van der Waals surface area contributed by atoms with Crippen LogP contribution in [-0.4, -0.2) is 33.8 Å². The molecule has 0 atom stereocenters. The fourth-order valence-electron chi connectivity index (χ4n) is 2.03. The number of hydrogen-bond donors (Lipinski definition) is 2. The van der Waals surface area contributed by atoms with Crippen LogP contribution in [0.4, 0.5) is 0 Å². The Kier molecular flexibility index (Phi) is 6.67. The second kappa shape index (κ2) is 8.74. The number of guanidine groups is 1. The zero-order chi connectivity index (χ0) is 16.7. The molecule has 2 rings (SSSR count). The number of aryl methyl sites for hydroxylation is 1. The molecule has 0 bridgehead atoms. The minimum atomic E-state index is 0.457. The van der Waals surface area contributed by atoms with Gasteiger partial charge in [0, 0.05) is 30.2 Å². The number of nitrogens with zero attached hydrogens (tertiary/aromatic N) is 4. The van der Waals surface area contributed by atoms with Crippen LogP contribution >= 0.6 is 23.2 Å². The molecule has 1 heterocycles. The van der Waals surface area contributed by atoms with E-state index in [1.807, 2.05) is 32.2 Å². The summed E-state index contributed by atoms with van der Waals surface area (Å²) in [5, 5.41) is 11.9. The van der Waals surface area contributed by atoms with Crippen molar-refractivity contribution in [3.05, 3.63) is 46.0 Å². The van der Waals surface area contributed by atoms with E-state index in [0.29, 0.717) is 29.6 Å². The Labute approximate surface area is 145 Å². The van der Waals surface area contributed by atoms with Crippen LogP contribution < -0.4 is 10.6 Å². The first-order valence-electron chi connectivity index (χ1n) is 7.39. The van der Waals surface area contributed by atoms with Crippen LogP contribution in [0.3, 0.4) is 0 Å². The molecule has 8 heteroatoms. The fraction of sp³-hybridized carbons (Fsp3) is 0.400. The molecule has 124 valence electrons. The first kappa shape index (κ1) is 17.6. The average molecular weight is 355 g/mol. The number of aliphatic imine (C=N–C) groups is 1. The van der Waals surface area contributed by atoms with Gasteiger partial charge >= 0.3 is 0 Å². The Morgan fingerprint density at radius 3 is 2.61 bits per heavy atom. The molecule has 0 aliphatic carbocycles. The van der Waals surface area contributed by atoms with E-state index in [2.05, 4.69) is 25.7 Å². The van der Waals surface area contributed by atoms with Crippen molar-refractivity contribution in [3.8, 4) is 0 Å². The molecule has 0 fully saturated rings. The molecule has 0 aliphatic rings. The van der Waals surface area contributed by atoms with Crippen LogP contribution in [0, 0.1) is 0 Å². The third-order valence-electron chi connectivity index (χ3n) is 3.26. The summed E-state index contributed by atoms with van der Waals surface area (Å²) in [6.45, 7) is 3.93. The number of hydrogen-bond acceptors (Lipinski definition) is 3. The molecule has 0 aliphatic heterocycles. The lowest BCUT2D eigenvalue weighted by molar-refractivity contribution is 0.697. The molecule has 0 spiro atoms. The second-order valence-electron chi connectivity index (χ2n) is 4.87. The van der Waals surface area contributed by atoms with Gasteiger partial charge in [0.25, 0.3) is 0 Å². The number of nitrogens with one attached hydrogen (secondary N) is 2. The van der Waals surface area contributed by atoms with E-state index in [1.54, 1.807) is 4.68 Å². The molecule has 1 aromatic heterocycles. The van der Waals surface area contributed by atoms with Gasteiger partial charge in [0.05, 0.1) is 0 Å². The Morgan fingerprint density at radius 1 is 1.26 bits per heavy atom. The highest BCUT2D eigenvalue weighted by molar-refractivity contribution is 6.35. The van der Waals surface area contributed by atoms with Crippen molar-refractivity contribution in [2.45, 2.75) is 19.9 Å². The smallest absolute Gasteiger partial charge is 0.191 e. The maximum Gasteiger partial charge on any atom is 0.191 e. The first-order valence-corrected chi connectivity index (χ1v) is 8.15. The summed E-state index contributed by atoms with van der Waals surface area (Å²) in [6.07, 6.45) is 2.23. The van der Waals surface area contributed by atoms with E-state index in [4.69, 9.17) is 23.2 Å². The lowest BCUT2D eigenvalue weighted by atomic mass is 10.1. The summed E-state index contributed by atoms with van der Waals surface area (Å²) >= 11 is 12.4. The van der Waals surface area contributed by atoms with E-state index < -0.39 is 0 Å². The molecule has 2 N–H and O–H groups in total. The summed E-state index contributed by atoms with van der Waals surface area (Å²) < 4.78 is 1.70. The van der Waals surface area contributed by atoms with Crippen LogP contribution in [0.5, 0.6) is 0 Å². The molecule has 2 aromatic rings. The van der Waals surface area contributed by atoms with Crippen LogP contribution in [-0.2, 0) is 20.0 Å². The van der Waals surface area contributed by atoms with Gasteiger partial charge in [-0.25, -0.2) is 9.98 Å². The van der Waals surface area contributed by atoms with Gasteiger partial charge in [0.15, 0.2) is 5.96 Å². The monoisotopic (exact) mass is 354 g/mol. The van der Waals surface area contributed by atoms with Crippen LogP contribution in [0.1, 0.15) is 18.3 Å². The second-order valence-corrected chi connectivity index (χ2v) is 5.69. The van der Waals surface area contributed by atoms with Crippen molar-refractivity contribution in [2.24, 2.45) is 12.0 Å². The number of aromatic nitrogens is 3. The predicted molar refractivity (Wildman–Crippen MR) is 94.0 cm³/mol. The van der Waals surface area contributed by atoms with Crippen molar-refractivity contribution >= 4 is 29.2 Å². The van der Waals surface area contributed by atoms with Crippen molar-refractivity contribution in [1.29, 1.82) is 0 Å². The maximum absolute atomic E-state index is 6.18. The van der Waals surface area contributed by atoms with Gasteiger partial charge in [-0.1, -0.05) is 29.3 Å². The zero-order valence-corrected chi connectivity index (χ0v) is 14.7. The van der Waals surface area contributed by atoms with Gasteiger partial charge in [-0.05, 0) is 31.0 Å². The molecule has 0 amide bonds. The Bertz CT molecular complexity index is 647.